The second-order valence-electron chi connectivity index (χ2n) is 4.79. The van der Waals surface area contributed by atoms with Gasteiger partial charge in [0.25, 0.3) is 0 Å². The van der Waals surface area contributed by atoms with Crippen LogP contribution in [0.5, 0.6) is 0 Å². The fourth-order valence-electron chi connectivity index (χ4n) is 1.92. The number of aromatic nitrogens is 2. The first kappa shape index (κ1) is 15.8. The highest BCUT2D eigenvalue weighted by Gasteiger charge is 2.31. The number of hydrogen-bond donors (Lipinski definition) is 0. The van der Waals surface area contributed by atoms with Gasteiger partial charge < -0.3 is 0 Å². The normalized spacial score (nSPS) is 12.0. The molecule has 0 spiro atoms. The first-order chi connectivity index (χ1) is 9.71. The minimum atomic E-state index is -4.48. The number of carbonyl (C=O) groups is 1. The van der Waals surface area contributed by atoms with E-state index in [0.717, 1.165) is 12.1 Å². The number of ketones is 1. The summed E-state index contributed by atoms with van der Waals surface area (Å²) in [5, 5.41) is 4.06. The van der Waals surface area contributed by atoms with Crippen LogP contribution in [0.15, 0.2) is 34.9 Å². The fourth-order valence-corrected chi connectivity index (χ4v) is 2.37. The number of halogens is 4. The van der Waals surface area contributed by atoms with E-state index in [0.29, 0.717) is 4.47 Å². The summed E-state index contributed by atoms with van der Waals surface area (Å²) < 4.78 is 40.1. The quantitative estimate of drug-likeness (QED) is 0.756. The maximum absolute atomic E-state index is 12.7. The van der Waals surface area contributed by atoms with Gasteiger partial charge in [0.1, 0.15) is 5.69 Å². The van der Waals surface area contributed by atoms with E-state index in [9.17, 15) is 18.0 Å². The van der Waals surface area contributed by atoms with Crippen molar-refractivity contribution in [3.63, 3.8) is 0 Å². The summed E-state index contributed by atoms with van der Waals surface area (Å²) >= 11 is 3.21. The van der Waals surface area contributed by atoms with Crippen LogP contribution in [0.3, 0.4) is 0 Å². The van der Waals surface area contributed by atoms with E-state index in [4.69, 9.17) is 0 Å². The van der Waals surface area contributed by atoms with Crippen molar-refractivity contribution in [3.05, 3.63) is 51.8 Å². The van der Waals surface area contributed by atoms with E-state index in [2.05, 4.69) is 21.0 Å². The average molecular weight is 361 g/mol. The number of alkyl halides is 3. The van der Waals surface area contributed by atoms with Crippen LogP contribution in [0.25, 0.3) is 0 Å². The Bertz CT molecular complexity index is 677. The Hall–Kier alpha value is -1.63. The van der Waals surface area contributed by atoms with E-state index in [1.807, 2.05) is 13.8 Å². The van der Waals surface area contributed by atoms with Gasteiger partial charge in [-0.15, -0.1) is 0 Å². The summed E-state index contributed by atoms with van der Waals surface area (Å²) in [6.07, 6.45) is -3.02. The minimum absolute atomic E-state index is 0.0204. The molecule has 0 unspecified atom stereocenters. The lowest BCUT2D eigenvalue weighted by molar-refractivity contribution is -0.137. The molecule has 21 heavy (non-hydrogen) atoms. The Kier molecular flexibility index (Phi) is 4.22. The monoisotopic (exact) mass is 360 g/mol. The average Bonchev–Trinajstić information content (AvgIpc) is 2.79. The van der Waals surface area contributed by atoms with E-state index >= 15 is 0 Å². The second-order valence-corrected chi connectivity index (χ2v) is 5.64. The fraction of sp³-hybridized carbons (Fsp3) is 0.286. The van der Waals surface area contributed by atoms with Crippen LogP contribution in [0, 0.1) is 0 Å². The molecule has 0 N–H and O–H groups in total. The molecular weight excluding hydrogens is 349 g/mol. The van der Waals surface area contributed by atoms with Gasteiger partial charge in [-0.1, -0.05) is 12.1 Å². The van der Waals surface area contributed by atoms with E-state index in [1.165, 1.54) is 23.0 Å². The van der Waals surface area contributed by atoms with Crippen LogP contribution in [0.2, 0.25) is 0 Å². The molecule has 0 radical (unpaired) electrons. The number of hydrogen-bond acceptors (Lipinski definition) is 2. The molecule has 1 aromatic carbocycles. The van der Waals surface area contributed by atoms with Gasteiger partial charge >= 0.3 is 6.18 Å². The lowest BCUT2D eigenvalue weighted by Crippen LogP contribution is -2.15. The van der Waals surface area contributed by atoms with Crippen LogP contribution in [0.1, 0.15) is 41.5 Å². The van der Waals surface area contributed by atoms with Gasteiger partial charge in [-0.25, -0.2) is 0 Å². The lowest BCUT2D eigenvalue weighted by atomic mass is 10.0. The largest absolute Gasteiger partial charge is 0.416 e. The molecule has 2 rings (SSSR count). The molecule has 0 saturated heterocycles. The van der Waals surface area contributed by atoms with Gasteiger partial charge in [0.2, 0.25) is 5.78 Å². The van der Waals surface area contributed by atoms with Gasteiger partial charge in [-0.05, 0) is 41.9 Å². The van der Waals surface area contributed by atoms with Crippen LogP contribution in [-0.4, -0.2) is 15.6 Å². The molecule has 7 heteroatoms. The lowest BCUT2D eigenvalue weighted by Gasteiger charge is -2.12. The third kappa shape index (κ3) is 3.18. The highest BCUT2D eigenvalue weighted by molar-refractivity contribution is 9.10. The highest BCUT2D eigenvalue weighted by Crippen LogP contribution is 2.30. The molecule has 0 aliphatic heterocycles. The number of nitrogens with zero attached hydrogens (tertiary/aromatic N) is 2. The van der Waals surface area contributed by atoms with Crippen molar-refractivity contribution < 1.29 is 18.0 Å². The molecule has 2 aromatic rings. The smallest absolute Gasteiger partial charge is 0.287 e. The molecule has 3 nitrogen and oxygen atoms in total. The maximum atomic E-state index is 12.7. The van der Waals surface area contributed by atoms with Crippen molar-refractivity contribution >= 4 is 21.7 Å². The minimum Gasteiger partial charge on any atom is -0.287 e. The van der Waals surface area contributed by atoms with Gasteiger partial charge in [0, 0.05) is 11.6 Å². The van der Waals surface area contributed by atoms with E-state index in [1.54, 1.807) is 0 Å². The molecule has 0 aliphatic rings. The van der Waals surface area contributed by atoms with Crippen LogP contribution in [-0.2, 0) is 6.18 Å². The molecular formula is C14H12BrF3N2O. The van der Waals surface area contributed by atoms with E-state index < -0.39 is 17.5 Å². The first-order valence-electron chi connectivity index (χ1n) is 6.16. The molecule has 0 saturated carbocycles. The molecule has 112 valence electrons. The molecule has 1 aromatic heterocycles. The van der Waals surface area contributed by atoms with Crippen molar-refractivity contribution in [1.29, 1.82) is 0 Å². The zero-order valence-corrected chi connectivity index (χ0v) is 12.9. The van der Waals surface area contributed by atoms with Gasteiger partial charge in [0.15, 0.2) is 0 Å². The summed E-state index contributed by atoms with van der Waals surface area (Å²) in [4.78, 5) is 12.5. The summed E-state index contributed by atoms with van der Waals surface area (Å²) in [6, 6.07) is 4.29. The molecule has 0 aliphatic carbocycles. The Morgan fingerprint density at radius 3 is 2.57 bits per heavy atom. The Balaban J connectivity index is 2.49. The summed E-state index contributed by atoms with van der Waals surface area (Å²) in [5.41, 5.74) is -0.627. The van der Waals surface area contributed by atoms with Crippen LogP contribution in [0.4, 0.5) is 13.2 Å². The summed E-state index contributed by atoms with van der Waals surface area (Å²) in [6.45, 7) is 3.67. The first-order valence-corrected chi connectivity index (χ1v) is 6.96. The third-order valence-corrected chi connectivity index (χ3v) is 3.49. The van der Waals surface area contributed by atoms with E-state index in [-0.39, 0.29) is 17.3 Å². The van der Waals surface area contributed by atoms with Crippen molar-refractivity contribution in [2.24, 2.45) is 0 Å². The molecule has 0 fully saturated rings. The highest BCUT2D eigenvalue weighted by atomic mass is 79.9. The zero-order chi connectivity index (χ0) is 15.8. The SMILES string of the molecule is CC(C)n1ncc(Br)c1C(=O)c1cccc(C(F)(F)F)c1. The topological polar surface area (TPSA) is 34.9 Å². The van der Waals surface area contributed by atoms with Crippen LogP contribution >= 0.6 is 15.9 Å². The van der Waals surface area contributed by atoms with Crippen molar-refractivity contribution in [1.82, 2.24) is 9.78 Å². The predicted molar refractivity (Wildman–Crippen MR) is 75.2 cm³/mol. The molecule has 0 atom stereocenters. The number of rotatable bonds is 3. The Morgan fingerprint density at radius 2 is 2.00 bits per heavy atom. The Labute approximate surface area is 127 Å². The van der Waals surface area contributed by atoms with Crippen LogP contribution < -0.4 is 0 Å². The molecule has 1 heterocycles. The predicted octanol–water partition coefficient (Wildman–Crippen LogP) is 4.48. The summed E-state index contributed by atoms with van der Waals surface area (Å²) in [7, 11) is 0. The third-order valence-electron chi connectivity index (χ3n) is 2.91. The Morgan fingerprint density at radius 1 is 1.33 bits per heavy atom. The maximum Gasteiger partial charge on any atom is 0.416 e. The number of carbonyl (C=O) groups excluding carboxylic acids is 1. The van der Waals surface area contributed by atoms with Crippen molar-refractivity contribution in [2.45, 2.75) is 26.1 Å². The standard InChI is InChI=1S/C14H12BrF3N2O/c1-8(2)20-12(11(15)7-19-20)13(21)9-4-3-5-10(6-9)14(16,17)18/h3-8H,1-2H3. The summed E-state index contributed by atoms with van der Waals surface area (Å²) in [5.74, 6) is -0.501. The zero-order valence-electron chi connectivity index (χ0n) is 11.3. The second kappa shape index (κ2) is 5.63. The van der Waals surface area contributed by atoms with Crippen molar-refractivity contribution in [2.75, 3.05) is 0 Å². The molecule has 0 amide bonds. The van der Waals surface area contributed by atoms with Crippen molar-refractivity contribution in [3.8, 4) is 0 Å². The van der Waals surface area contributed by atoms with Gasteiger partial charge in [0.05, 0.1) is 16.2 Å². The van der Waals surface area contributed by atoms with Gasteiger partial charge in [-0.3, -0.25) is 9.48 Å². The number of benzene rings is 1. The molecule has 0 bridgehead atoms. The van der Waals surface area contributed by atoms with Gasteiger partial charge in [-0.2, -0.15) is 18.3 Å².